The summed E-state index contributed by atoms with van der Waals surface area (Å²) in [4.78, 5) is 29.2. The molecule has 2 heterocycles. The van der Waals surface area contributed by atoms with E-state index >= 15 is 0 Å². The highest BCUT2D eigenvalue weighted by Gasteiger charge is 2.28. The lowest BCUT2D eigenvalue weighted by Crippen LogP contribution is -2.42. The van der Waals surface area contributed by atoms with E-state index in [1.807, 2.05) is 12.1 Å². The molecule has 112 valence electrons. The Kier molecular flexibility index (Phi) is 3.77. The van der Waals surface area contributed by atoms with Gasteiger partial charge in [-0.3, -0.25) is 10.1 Å². The third-order valence-corrected chi connectivity index (χ3v) is 4.13. The van der Waals surface area contributed by atoms with E-state index in [1.165, 1.54) is 12.8 Å². The highest BCUT2D eigenvalue weighted by atomic mass is 16.4. The fourth-order valence-corrected chi connectivity index (χ4v) is 2.65. The van der Waals surface area contributed by atoms with Crippen molar-refractivity contribution in [1.82, 2.24) is 9.88 Å². The van der Waals surface area contributed by atoms with Crippen molar-refractivity contribution in [3.8, 4) is 0 Å². The number of carboxylic acids is 1. The molecule has 2 fully saturated rings. The molecule has 2 aliphatic rings. The van der Waals surface area contributed by atoms with Crippen LogP contribution in [0.2, 0.25) is 0 Å². The summed E-state index contributed by atoms with van der Waals surface area (Å²) in [6.07, 6.45) is 3.37. The second-order valence-corrected chi connectivity index (χ2v) is 5.75. The lowest BCUT2D eigenvalue weighted by molar-refractivity contribution is -0.143. The fraction of sp³-hybridized carbons (Fsp3) is 0.533. The van der Waals surface area contributed by atoms with E-state index in [0.717, 1.165) is 5.69 Å². The highest BCUT2D eigenvalue weighted by molar-refractivity contribution is 5.88. The number of carbonyl (C=O) groups is 2. The number of anilines is 1. The van der Waals surface area contributed by atoms with E-state index in [1.54, 1.807) is 11.0 Å². The van der Waals surface area contributed by atoms with Gasteiger partial charge in [-0.1, -0.05) is 6.07 Å². The molecule has 0 atom stereocenters. The number of urea groups is 1. The predicted molar refractivity (Wildman–Crippen MR) is 77.2 cm³/mol. The number of carboxylic acid groups (broad SMARTS) is 1. The van der Waals surface area contributed by atoms with Crippen molar-refractivity contribution in [2.24, 2.45) is 5.92 Å². The lowest BCUT2D eigenvalue weighted by atomic mass is 9.97. The van der Waals surface area contributed by atoms with Gasteiger partial charge in [-0.25, -0.2) is 9.78 Å². The van der Waals surface area contributed by atoms with E-state index in [9.17, 15) is 9.59 Å². The number of pyridine rings is 1. The minimum Gasteiger partial charge on any atom is -0.481 e. The van der Waals surface area contributed by atoms with Crippen LogP contribution in [0.5, 0.6) is 0 Å². The highest BCUT2D eigenvalue weighted by Crippen LogP contribution is 2.39. The van der Waals surface area contributed by atoms with Gasteiger partial charge >= 0.3 is 12.0 Å². The Hall–Kier alpha value is -2.11. The molecule has 0 bridgehead atoms. The van der Waals surface area contributed by atoms with Crippen molar-refractivity contribution < 1.29 is 14.7 Å². The van der Waals surface area contributed by atoms with Crippen LogP contribution in [0.1, 0.15) is 37.3 Å². The largest absolute Gasteiger partial charge is 0.481 e. The molecule has 6 nitrogen and oxygen atoms in total. The number of carbonyl (C=O) groups excluding carboxylic acids is 1. The number of rotatable bonds is 3. The Bertz CT molecular complexity index is 549. The smallest absolute Gasteiger partial charge is 0.323 e. The molecule has 1 aromatic heterocycles. The van der Waals surface area contributed by atoms with Crippen LogP contribution >= 0.6 is 0 Å². The van der Waals surface area contributed by atoms with Crippen LogP contribution in [0.15, 0.2) is 18.2 Å². The molecule has 1 aliphatic carbocycles. The van der Waals surface area contributed by atoms with Gasteiger partial charge in [0.15, 0.2) is 0 Å². The zero-order valence-corrected chi connectivity index (χ0v) is 11.8. The lowest BCUT2D eigenvalue weighted by Gasteiger charge is -2.30. The molecule has 6 heteroatoms. The van der Waals surface area contributed by atoms with Gasteiger partial charge in [0, 0.05) is 24.7 Å². The Morgan fingerprint density at radius 3 is 2.52 bits per heavy atom. The van der Waals surface area contributed by atoms with E-state index in [-0.39, 0.29) is 11.9 Å². The second kappa shape index (κ2) is 5.71. The van der Waals surface area contributed by atoms with Crippen LogP contribution in [0.3, 0.4) is 0 Å². The molecule has 1 aromatic rings. The minimum atomic E-state index is -0.770. The summed E-state index contributed by atoms with van der Waals surface area (Å²) in [7, 11) is 0. The molecular formula is C15H19N3O3. The fourth-order valence-electron chi connectivity index (χ4n) is 2.65. The van der Waals surface area contributed by atoms with Gasteiger partial charge in [0.2, 0.25) is 0 Å². The third kappa shape index (κ3) is 3.32. The first-order chi connectivity index (χ1) is 10.1. The summed E-state index contributed by atoms with van der Waals surface area (Å²) in [6.45, 7) is 0.955. The molecule has 0 radical (unpaired) electrons. The zero-order chi connectivity index (χ0) is 14.8. The summed E-state index contributed by atoms with van der Waals surface area (Å²) in [5, 5.41) is 11.8. The number of aromatic nitrogens is 1. The van der Waals surface area contributed by atoms with Crippen molar-refractivity contribution in [2.75, 3.05) is 18.4 Å². The maximum absolute atomic E-state index is 12.2. The second-order valence-electron chi connectivity index (χ2n) is 5.75. The van der Waals surface area contributed by atoms with Crippen LogP contribution in [-0.4, -0.2) is 40.1 Å². The monoisotopic (exact) mass is 289 g/mol. The standard InChI is InChI=1S/C15H19N3O3/c19-14(20)11-6-8-18(9-7-11)15(21)17-13-3-1-2-12(16-13)10-4-5-10/h1-3,10-11H,4-9H2,(H,19,20)(H,16,17,21). The number of nitrogens with one attached hydrogen (secondary N) is 1. The van der Waals surface area contributed by atoms with Crippen LogP contribution in [0, 0.1) is 5.92 Å². The topological polar surface area (TPSA) is 82.5 Å². The molecule has 0 spiro atoms. The molecule has 0 aromatic carbocycles. The summed E-state index contributed by atoms with van der Waals surface area (Å²) in [5.74, 6) is 0.0251. The van der Waals surface area contributed by atoms with E-state index in [4.69, 9.17) is 5.11 Å². The molecule has 1 saturated carbocycles. The first-order valence-electron chi connectivity index (χ1n) is 7.39. The molecule has 21 heavy (non-hydrogen) atoms. The third-order valence-electron chi connectivity index (χ3n) is 4.13. The van der Waals surface area contributed by atoms with E-state index in [0.29, 0.717) is 37.7 Å². The minimum absolute atomic E-state index is 0.195. The average Bonchev–Trinajstić information content (AvgIpc) is 3.32. The van der Waals surface area contributed by atoms with E-state index in [2.05, 4.69) is 10.3 Å². The summed E-state index contributed by atoms with van der Waals surface area (Å²) < 4.78 is 0. The van der Waals surface area contributed by atoms with Crippen LogP contribution in [-0.2, 0) is 4.79 Å². The normalized spacial score (nSPS) is 19.3. The number of hydrogen-bond acceptors (Lipinski definition) is 3. The number of nitrogens with zero attached hydrogens (tertiary/aromatic N) is 2. The van der Waals surface area contributed by atoms with Crippen molar-refractivity contribution in [3.63, 3.8) is 0 Å². The van der Waals surface area contributed by atoms with Gasteiger partial charge in [-0.2, -0.15) is 0 Å². The van der Waals surface area contributed by atoms with Gasteiger partial charge in [0.05, 0.1) is 5.92 Å². The van der Waals surface area contributed by atoms with Crippen LogP contribution < -0.4 is 5.32 Å². The predicted octanol–water partition coefficient (Wildman–Crippen LogP) is 2.29. The van der Waals surface area contributed by atoms with Gasteiger partial charge in [-0.05, 0) is 37.8 Å². The first-order valence-corrected chi connectivity index (χ1v) is 7.39. The molecule has 3 rings (SSSR count). The Labute approximate surface area is 123 Å². The quantitative estimate of drug-likeness (QED) is 0.894. The Balaban J connectivity index is 1.56. The zero-order valence-electron chi connectivity index (χ0n) is 11.8. The SMILES string of the molecule is O=C(O)C1CCN(C(=O)Nc2cccc(C3CC3)n2)CC1. The Morgan fingerprint density at radius 2 is 1.90 bits per heavy atom. The van der Waals surface area contributed by atoms with Crippen molar-refractivity contribution >= 4 is 17.8 Å². The van der Waals surface area contributed by atoms with Crippen molar-refractivity contribution in [2.45, 2.75) is 31.6 Å². The molecule has 1 saturated heterocycles. The van der Waals surface area contributed by atoms with Crippen LogP contribution in [0.25, 0.3) is 0 Å². The van der Waals surface area contributed by atoms with Gasteiger partial charge in [-0.15, -0.1) is 0 Å². The molecule has 1 aliphatic heterocycles. The first kappa shape index (κ1) is 13.9. The number of aliphatic carboxylic acids is 1. The maximum Gasteiger partial charge on any atom is 0.323 e. The van der Waals surface area contributed by atoms with E-state index < -0.39 is 5.97 Å². The number of likely N-dealkylation sites (tertiary alicyclic amines) is 1. The van der Waals surface area contributed by atoms with Gasteiger partial charge in [0.25, 0.3) is 0 Å². The molecular weight excluding hydrogens is 270 g/mol. The van der Waals surface area contributed by atoms with Crippen molar-refractivity contribution in [3.05, 3.63) is 23.9 Å². The molecule has 2 amide bonds. The Morgan fingerprint density at radius 1 is 1.19 bits per heavy atom. The average molecular weight is 289 g/mol. The summed E-state index contributed by atoms with van der Waals surface area (Å²) in [5.41, 5.74) is 1.04. The van der Waals surface area contributed by atoms with Gasteiger partial charge in [0.1, 0.15) is 5.82 Å². The molecule has 0 unspecified atom stereocenters. The van der Waals surface area contributed by atoms with Crippen LogP contribution in [0.4, 0.5) is 10.6 Å². The number of hydrogen-bond donors (Lipinski definition) is 2. The summed E-state index contributed by atoms with van der Waals surface area (Å²) in [6, 6.07) is 5.49. The number of amides is 2. The summed E-state index contributed by atoms with van der Waals surface area (Å²) >= 11 is 0. The van der Waals surface area contributed by atoms with Gasteiger partial charge < -0.3 is 10.0 Å². The molecule has 2 N–H and O–H groups in total. The van der Waals surface area contributed by atoms with Crippen molar-refractivity contribution in [1.29, 1.82) is 0 Å². The number of piperidine rings is 1. The maximum atomic E-state index is 12.2.